The number of rotatable bonds is 7. The Labute approximate surface area is 122 Å². The molecule has 2 heterocycles. The number of furan rings is 1. The maximum Gasteiger partial charge on any atom is 0.339 e. The number of ether oxygens (including phenoxy) is 2. The van der Waals surface area contributed by atoms with Gasteiger partial charge in [-0.15, -0.1) is 0 Å². The van der Waals surface area contributed by atoms with Crippen molar-refractivity contribution in [2.45, 2.75) is 32.4 Å². The molecule has 7 nitrogen and oxygen atoms in total. The Balaban J connectivity index is 1.68. The Hall–Kier alpha value is -1.86. The van der Waals surface area contributed by atoms with Crippen molar-refractivity contribution < 1.29 is 28.6 Å². The molecule has 0 bridgehead atoms. The van der Waals surface area contributed by atoms with Crippen LogP contribution in [0.25, 0.3) is 0 Å². The molecule has 2 rings (SSSR count). The van der Waals surface area contributed by atoms with E-state index >= 15 is 0 Å². The van der Waals surface area contributed by atoms with E-state index in [4.69, 9.17) is 19.0 Å². The van der Waals surface area contributed by atoms with Crippen LogP contribution in [0.2, 0.25) is 0 Å². The third-order valence-corrected chi connectivity index (χ3v) is 3.22. The summed E-state index contributed by atoms with van der Waals surface area (Å²) in [5, 5.41) is 11.5. The third-order valence-electron chi connectivity index (χ3n) is 3.22. The molecule has 2 N–H and O–H groups in total. The van der Waals surface area contributed by atoms with Crippen molar-refractivity contribution in [2.75, 3.05) is 19.8 Å². The van der Waals surface area contributed by atoms with Crippen molar-refractivity contribution in [1.82, 2.24) is 5.32 Å². The van der Waals surface area contributed by atoms with Crippen LogP contribution in [0, 0.1) is 6.92 Å². The molecule has 0 aliphatic carbocycles. The molecule has 1 aliphatic rings. The largest absolute Gasteiger partial charge is 0.478 e. The molecule has 1 unspecified atom stereocenters. The zero-order valence-corrected chi connectivity index (χ0v) is 11.9. The van der Waals surface area contributed by atoms with Crippen molar-refractivity contribution in [1.29, 1.82) is 0 Å². The molecule has 1 aromatic heterocycles. The average Bonchev–Trinajstić information content (AvgIpc) is 3.06. The van der Waals surface area contributed by atoms with E-state index < -0.39 is 5.97 Å². The van der Waals surface area contributed by atoms with Gasteiger partial charge in [0.25, 0.3) is 0 Å². The van der Waals surface area contributed by atoms with E-state index in [1.807, 2.05) is 0 Å². The van der Waals surface area contributed by atoms with Crippen LogP contribution in [0.5, 0.6) is 0 Å². The summed E-state index contributed by atoms with van der Waals surface area (Å²) in [6, 6.07) is 1.41. The number of carbonyl (C=O) groups is 2. The van der Waals surface area contributed by atoms with Gasteiger partial charge in [0.1, 0.15) is 23.7 Å². The van der Waals surface area contributed by atoms with Gasteiger partial charge in [0.05, 0.1) is 19.3 Å². The first-order valence-corrected chi connectivity index (χ1v) is 6.85. The van der Waals surface area contributed by atoms with E-state index in [0.29, 0.717) is 18.1 Å². The lowest BCUT2D eigenvalue weighted by molar-refractivity contribution is -0.127. The molecule has 0 aromatic carbocycles. The summed E-state index contributed by atoms with van der Waals surface area (Å²) in [5.41, 5.74) is 0.105. The molecule has 7 heteroatoms. The van der Waals surface area contributed by atoms with Crippen LogP contribution in [0.4, 0.5) is 0 Å². The standard InChI is InChI=1S/C14H19NO6/c1-9-12(14(17)18)5-11(21-9)6-15-13(16)8-19-7-10-3-2-4-20-10/h5,10H,2-4,6-8H2,1H3,(H,15,16)(H,17,18). The van der Waals surface area contributed by atoms with E-state index in [9.17, 15) is 9.59 Å². The lowest BCUT2D eigenvalue weighted by atomic mass is 10.2. The number of carboxylic acids is 1. The predicted octanol–water partition coefficient (Wildman–Crippen LogP) is 1.10. The van der Waals surface area contributed by atoms with Gasteiger partial charge in [-0.3, -0.25) is 4.79 Å². The number of hydrogen-bond acceptors (Lipinski definition) is 5. The molecular formula is C14H19NO6. The lowest BCUT2D eigenvalue weighted by Crippen LogP contribution is -2.28. The van der Waals surface area contributed by atoms with E-state index in [1.165, 1.54) is 6.07 Å². The summed E-state index contributed by atoms with van der Waals surface area (Å²) in [4.78, 5) is 22.4. The van der Waals surface area contributed by atoms with Crippen molar-refractivity contribution in [3.63, 3.8) is 0 Å². The maximum absolute atomic E-state index is 11.6. The van der Waals surface area contributed by atoms with Gasteiger partial charge in [0, 0.05) is 6.61 Å². The van der Waals surface area contributed by atoms with Crippen molar-refractivity contribution in [2.24, 2.45) is 0 Å². The van der Waals surface area contributed by atoms with Crippen LogP contribution < -0.4 is 5.32 Å². The number of carboxylic acid groups (broad SMARTS) is 1. The number of hydrogen-bond donors (Lipinski definition) is 2. The minimum absolute atomic E-state index is 0.0503. The van der Waals surface area contributed by atoms with E-state index in [-0.39, 0.29) is 30.7 Å². The molecule has 21 heavy (non-hydrogen) atoms. The van der Waals surface area contributed by atoms with Gasteiger partial charge in [-0.2, -0.15) is 0 Å². The quantitative estimate of drug-likeness (QED) is 0.782. The van der Waals surface area contributed by atoms with E-state index in [2.05, 4.69) is 5.32 Å². The van der Waals surface area contributed by atoms with Crippen LogP contribution in [-0.2, 0) is 20.8 Å². The molecule has 1 atom stereocenters. The minimum atomic E-state index is -1.05. The third kappa shape index (κ3) is 4.57. The van der Waals surface area contributed by atoms with E-state index in [1.54, 1.807) is 6.92 Å². The smallest absolute Gasteiger partial charge is 0.339 e. The Morgan fingerprint density at radius 2 is 2.33 bits per heavy atom. The topological polar surface area (TPSA) is 98.0 Å². The molecule has 1 aliphatic heterocycles. The van der Waals surface area contributed by atoms with Crippen LogP contribution in [0.3, 0.4) is 0 Å². The number of carbonyl (C=O) groups excluding carboxylic acids is 1. The number of nitrogens with one attached hydrogen (secondary N) is 1. The highest BCUT2D eigenvalue weighted by molar-refractivity contribution is 5.88. The van der Waals surface area contributed by atoms with Crippen LogP contribution in [0.15, 0.2) is 10.5 Å². The molecule has 1 amide bonds. The molecule has 1 fully saturated rings. The van der Waals surface area contributed by atoms with Crippen molar-refractivity contribution in [3.8, 4) is 0 Å². The molecular weight excluding hydrogens is 278 g/mol. The summed E-state index contributed by atoms with van der Waals surface area (Å²) in [5.74, 6) is -0.605. The fraction of sp³-hybridized carbons (Fsp3) is 0.571. The maximum atomic E-state index is 11.6. The summed E-state index contributed by atoms with van der Waals surface area (Å²) >= 11 is 0. The van der Waals surface area contributed by atoms with Crippen LogP contribution in [0.1, 0.15) is 34.7 Å². The molecule has 0 saturated carbocycles. The second-order valence-electron chi connectivity index (χ2n) is 4.91. The fourth-order valence-corrected chi connectivity index (χ4v) is 2.14. The highest BCUT2D eigenvalue weighted by Crippen LogP contribution is 2.14. The summed E-state index contributed by atoms with van der Waals surface area (Å²) in [6.45, 7) is 2.82. The Morgan fingerprint density at radius 1 is 1.52 bits per heavy atom. The SMILES string of the molecule is Cc1oc(CNC(=O)COCC2CCCO2)cc1C(=O)O. The van der Waals surface area contributed by atoms with Gasteiger partial charge >= 0.3 is 5.97 Å². The van der Waals surface area contributed by atoms with Gasteiger partial charge < -0.3 is 24.3 Å². The number of aromatic carboxylic acids is 1. The van der Waals surface area contributed by atoms with Crippen LogP contribution in [-0.4, -0.2) is 42.9 Å². The normalized spacial score (nSPS) is 17.9. The number of amides is 1. The Kier molecular flexibility index (Phi) is 5.35. The summed E-state index contributed by atoms with van der Waals surface area (Å²) in [6.07, 6.45) is 2.08. The number of aryl methyl sites for hydroxylation is 1. The van der Waals surface area contributed by atoms with Crippen molar-refractivity contribution in [3.05, 3.63) is 23.2 Å². The van der Waals surface area contributed by atoms with Gasteiger partial charge in [-0.1, -0.05) is 0 Å². The monoisotopic (exact) mass is 297 g/mol. The second kappa shape index (κ2) is 7.24. The summed E-state index contributed by atoms with van der Waals surface area (Å²) in [7, 11) is 0. The first-order valence-electron chi connectivity index (χ1n) is 6.85. The van der Waals surface area contributed by atoms with Gasteiger partial charge in [-0.25, -0.2) is 4.79 Å². The first kappa shape index (κ1) is 15.5. The second-order valence-corrected chi connectivity index (χ2v) is 4.91. The van der Waals surface area contributed by atoms with Crippen molar-refractivity contribution >= 4 is 11.9 Å². The first-order chi connectivity index (χ1) is 10.1. The highest BCUT2D eigenvalue weighted by Gasteiger charge is 2.16. The zero-order valence-electron chi connectivity index (χ0n) is 11.9. The fourth-order valence-electron chi connectivity index (χ4n) is 2.14. The Bertz CT molecular complexity index is 504. The molecule has 116 valence electrons. The molecule has 0 spiro atoms. The average molecular weight is 297 g/mol. The van der Waals surface area contributed by atoms with E-state index in [0.717, 1.165) is 19.4 Å². The molecule has 1 aromatic rings. The summed E-state index contributed by atoms with van der Waals surface area (Å²) < 4.78 is 15.9. The van der Waals surface area contributed by atoms with Gasteiger partial charge in [0.15, 0.2) is 0 Å². The highest BCUT2D eigenvalue weighted by atomic mass is 16.5. The predicted molar refractivity (Wildman–Crippen MR) is 72.0 cm³/mol. The lowest BCUT2D eigenvalue weighted by Gasteiger charge is -2.09. The molecule has 1 saturated heterocycles. The molecule has 0 radical (unpaired) electrons. The van der Waals surface area contributed by atoms with Gasteiger partial charge in [-0.05, 0) is 25.8 Å². The Morgan fingerprint density at radius 3 is 2.95 bits per heavy atom. The van der Waals surface area contributed by atoms with Gasteiger partial charge in [0.2, 0.25) is 5.91 Å². The van der Waals surface area contributed by atoms with Crippen LogP contribution >= 0.6 is 0 Å². The minimum Gasteiger partial charge on any atom is -0.478 e. The zero-order chi connectivity index (χ0) is 15.2.